The summed E-state index contributed by atoms with van der Waals surface area (Å²) in [5, 5.41) is 0. The lowest BCUT2D eigenvalue weighted by atomic mass is 9.68. The summed E-state index contributed by atoms with van der Waals surface area (Å²) >= 11 is 0. The van der Waals surface area contributed by atoms with Crippen LogP contribution < -0.4 is 14.5 Å². The summed E-state index contributed by atoms with van der Waals surface area (Å²) in [6, 6.07) is 4.87. The molecule has 0 unspecified atom stereocenters. The molecule has 0 amide bonds. The Balaban J connectivity index is 0.00000272. The Morgan fingerprint density at radius 1 is 0.935 bits per heavy atom. The van der Waals surface area contributed by atoms with E-state index >= 15 is 0 Å². The molecular weight excluding hydrogens is 406 g/mol. The number of benzene rings is 1. The van der Waals surface area contributed by atoms with Gasteiger partial charge in [0.25, 0.3) is 0 Å². The number of likely N-dealkylation sites (N-methyl/N-ethyl adjacent to an activating group) is 1. The Labute approximate surface area is 196 Å². The maximum absolute atomic E-state index is 6.11. The zero-order chi connectivity index (χ0) is 21.3. The largest absolute Gasteiger partial charge is 0.489 e. The number of nitrogens with zero attached hydrogens (tertiary/aromatic N) is 3. The molecule has 4 rings (SSSR count). The van der Waals surface area contributed by atoms with Gasteiger partial charge in [0.15, 0.2) is 0 Å². The molecule has 1 aromatic carbocycles. The van der Waals surface area contributed by atoms with E-state index in [9.17, 15) is 0 Å². The van der Waals surface area contributed by atoms with E-state index in [1.807, 2.05) is 0 Å². The molecule has 0 radical (unpaired) electrons. The molecule has 4 nitrogen and oxygen atoms in total. The molecule has 3 aliphatic rings. The Bertz CT molecular complexity index is 716. The third-order valence-corrected chi connectivity index (χ3v) is 7.85. The van der Waals surface area contributed by atoms with Crippen LogP contribution in [-0.2, 0) is 0 Å². The van der Waals surface area contributed by atoms with Gasteiger partial charge in [-0.2, -0.15) is 0 Å². The normalized spacial score (nSPS) is 24.9. The van der Waals surface area contributed by atoms with Gasteiger partial charge in [0.05, 0.1) is 12.2 Å². The Kier molecular flexibility index (Phi) is 8.07. The van der Waals surface area contributed by atoms with Gasteiger partial charge < -0.3 is 14.5 Å². The molecule has 1 saturated heterocycles. The molecule has 2 heterocycles. The second-order valence-corrected chi connectivity index (χ2v) is 10.9. The molecule has 31 heavy (non-hydrogen) atoms. The third-order valence-electron chi connectivity index (χ3n) is 7.85. The summed E-state index contributed by atoms with van der Waals surface area (Å²) < 4.78 is 6.11. The predicted octanol–water partition coefficient (Wildman–Crippen LogP) is 5.79. The topological polar surface area (TPSA) is 19.0 Å². The van der Waals surface area contributed by atoms with E-state index in [2.05, 4.69) is 61.6 Å². The van der Waals surface area contributed by atoms with Gasteiger partial charge in [-0.3, -0.25) is 4.90 Å². The van der Waals surface area contributed by atoms with Crippen molar-refractivity contribution in [3.63, 3.8) is 0 Å². The van der Waals surface area contributed by atoms with Crippen molar-refractivity contribution in [2.24, 2.45) is 11.3 Å². The van der Waals surface area contributed by atoms with Gasteiger partial charge in [-0.1, -0.05) is 27.7 Å². The van der Waals surface area contributed by atoms with E-state index in [-0.39, 0.29) is 12.4 Å². The highest BCUT2D eigenvalue weighted by molar-refractivity contribution is 5.85. The monoisotopic (exact) mass is 449 g/mol. The van der Waals surface area contributed by atoms with Gasteiger partial charge in [-0.25, -0.2) is 0 Å². The second kappa shape index (κ2) is 10.2. The first-order valence-corrected chi connectivity index (χ1v) is 12.4. The van der Waals surface area contributed by atoms with Crippen LogP contribution in [0.15, 0.2) is 12.1 Å². The summed E-state index contributed by atoms with van der Waals surface area (Å²) in [6.45, 7) is 17.2. The molecule has 0 aromatic heterocycles. The minimum Gasteiger partial charge on any atom is -0.489 e. The number of piperazine rings is 1. The molecule has 1 aromatic rings. The summed E-state index contributed by atoms with van der Waals surface area (Å²) in [6.07, 6.45) is 6.63. The van der Waals surface area contributed by atoms with Gasteiger partial charge in [0, 0.05) is 45.0 Å². The molecular formula is C26H44ClN3O. The quantitative estimate of drug-likeness (QED) is 0.579. The fourth-order valence-electron chi connectivity index (χ4n) is 5.80. The number of rotatable bonds is 4. The van der Waals surface area contributed by atoms with Gasteiger partial charge in [0.1, 0.15) is 12.4 Å². The fourth-order valence-corrected chi connectivity index (χ4v) is 5.80. The fraction of sp³-hybridized carbons (Fsp3) is 0.769. The van der Waals surface area contributed by atoms with Crippen LogP contribution >= 0.6 is 12.4 Å². The summed E-state index contributed by atoms with van der Waals surface area (Å²) in [5.41, 5.74) is 4.78. The molecule has 2 fully saturated rings. The number of halogens is 1. The highest BCUT2D eigenvalue weighted by Crippen LogP contribution is 2.48. The summed E-state index contributed by atoms with van der Waals surface area (Å²) in [5.74, 6) is 2.63. The highest BCUT2D eigenvalue weighted by Gasteiger charge is 2.33. The van der Waals surface area contributed by atoms with Crippen LogP contribution in [0.2, 0.25) is 0 Å². The molecule has 1 saturated carbocycles. The van der Waals surface area contributed by atoms with E-state index < -0.39 is 0 Å². The van der Waals surface area contributed by atoms with E-state index in [0.717, 1.165) is 37.9 Å². The van der Waals surface area contributed by atoms with Crippen molar-refractivity contribution >= 4 is 23.8 Å². The number of ether oxygens (including phenoxy) is 1. The van der Waals surface area contributed by atoms with Gasteiger partial charge in [-0.15, -0.1) is 12.4 Å². The number of fused-ring (bicyclic) bond motifs is 1. The predicted molar refractivity (Wildman–Crippen MR) is 136 cm³/mol. The lowest BCUT2D eigenvalue weighted by Gasteiger charge is -2.41. The number of hydrogen-bond acceptors (Lipinski definition) is 4. The van der Waals surface area contributed by atoms with E-state index in [1.54, 1.807) is 5.56 Å². The van der Waals surface area contributed by atoms with Crippen LogP contribution in [-0.4, -0.2) is 57.8 Å². The van der Waals surface area contributed by atoms with Gasteiger partial charge in [-0.05, 0) is 67.5 Å². The number of anilines is 2. The smallest absolute Gasteiger partial charge is 0.144 e. The summed E-state index contributed by atoms with van der Waals surface area (Å²) in [7, 11) is 2.21. The van der Waals surface area contributed by atoms with Crippen molar-refractivity contribution in [2.75, 3.05) is 62.7 Å². The van der Waals surface area contributed by atoms with E-state index in [4.69, 9.17) is 4.74 Å². The summed E-state index contributed by atoms with van der Waals surface area (Å²) in [4.78, 5) is 7.65. The first kappa shape index (κ1) is 24.5. The Morgan fingerprint density at radius 2 is 1.61 bits per heavy atom. The molecule has 0 spiro atoms. The van der Waals surface area contributed by atoms with Crippen LogP contribution in [0.5, 0.6) is 5.75 Å². The third kappa shape index (κ3) is 5.45. The van der Waals surface area contributed by atoms with Crippen LogP contribution in [0.1, 0.15) is 71.3 Å². The maximum atomic E-state index is 6.11. The van der Waals surface area contributed by atoms with Crippen molar-refractivity contribution in [1.82, 2.24) is 4.90 Å². The van der Waals surface area contributed by atoms with Crippen molar-refractivity contribution < 1.29 is 4.74 Å². The Morgan fingerprint density at radius 3 is 2.23 bits per heavy atom. The second-order valence-electron chi connectivity index (χ2n) is 10.9. The van der Waals surface area contributed by atoms with Gasteiger partial charge >= 0.3 is 0 Å². The molecule has 1 aliphatic carbocycles. The first-order chi connectivity index (χ1) is 14.4. The SMILES string of the molecule is CCCN1CCN(c2cc3c(cc2C2CCC(C(C)(C)C)CC2)N(C)CCO3)CC1.Cl. The van der Waals surface area contributed by atoms with E-state index in [0.29, 0.717) is 11.3 Å². The molecule has 0 bridgehead atoms. The minimum atomic E-state index is 0. The molecule has 0 N–H and O–H groups in total. The zero-order valence-electron chi connectivity index (χ0n) is 20.5. The standard InChI is InChI=1S/C26H43N3O.ClH/c1-6-11-28-12-14-29(15-13-28)23-19-25-24(27(5)16-17-30-25)18-22(23)20-7-9-21(10-8-20)26(2,3)4;/h18-21H,6-17H2,1-5H3;1H. The molecule has 5 heteroatoms. The molecule has 0 atom stereocenters. The molecule has 176 valence electrons. The number of hydrogen-bond donors (Lipinski definition) is 0. The maximum Gasteiger partial charge on any atom is 0.144 e. The highest BCUT2D eigenvalue weighted by atomic mass is 35.5. The average Bonchev–Trinajstić information content (AvgIpc) is 2.74. The lowest BCUT2D eigenvalue weighted by Crippen LogP contribution is -2.47. The molecule has 2 aliphatic heterocycles. The van der Waals surface area contributed by atoms with Gasteiger partial charge in [0.2, 0.25) is 0 Å². The first-order valence-electron chi connectivity index (χ1n) is 12.4. The van der Waals surface area contributed by atoms with Crippen molar-refractivity contribution in [1.29, 1.82) is 0 Å². The Hall–Kier alpha value is -1.13. The van der Waals surface area contributed by atoms with Crippen LogP contribution in [0.4, 0.5) is 11.4 Å². The van der Waals surface area contributed by atoms with Crippen molar-refractivity contribution in [3.8, 4) is 5.75 Å². The average molecular weight is 450 g/mol. The van der Waals surface area contributed by atoms with Crippen LogP contribution in [0.25, 0.3) is 0 Å². The van der Waals surface area contributed by atoms with Crippen LogP contribution in [0, 0.1) is 11.3 Å². The minimum absolute atomic E-state index is 0. The van der Waals surface area contributed by atoms with Crippen molar-refractivity contribution in [2.45, 2.75) is 65.7 Å². The lowest BCUT2D eigenvalue weighted by molar-refractivity contribution is 0.169. The van der Waals surface area contributed by atoms with E-state index in [1.165, 1.54) is 63.1 Å². The zero-order valence-corrected chi connectivity index (χ0v) is 21.3. The van der Waals surface area contributed by atoms with Crippen molar-refractivity contribution in [3.05, 3.63) is 17.7 Å². The van der Waals surface area contributed by atoms with Crippen LogP contribution in [0.3, 0.4) is 0 Å².